The van der Waals surface area contributed by atoms with Crippen molar-refractivity contribution < 1.29 is 19.4 Å². The van der Waals surface area contributed by atoms with Gasteiger partial charge in [0.1, 0.15) is 11.8 Å². The van der Waals surface area contributed by atoms with Gasteiger partial charge in [-0.1, -0.05) is 18.5 Å². The second-order valence-electron chi connectivity index (χ2n) is 3.74. The lowest BCUT2D eigenvalue weighted by molar-refractivity contribution is -0.139. The largest absolute Gasteiger partial charge is 0.497 e. The van der Waals surface area contributed by atoms with E-state index in [1.807, 2.05) is 0 Å². The highest BCUT2D eigenvalue weighted by Crippen LogP contribution is 2.26. The van der Waals surface area contributed by atoms with E-state index < -0.39 is 18.0 Å². The number of rotatable bonds is 5. The molecule has 0 saturated carbocycles. The zero-order valence-electron chi connectivity index (χ0n) is 10.6. The molecule has 0 aliphatic carbocycles. The van der Waals surface area contributed by atoms with Gasteiger partial charge in [0.25, 0.3) is 0 Å². The molecule has 2 amide bonds. The van der Waals surface area contributed by atoms with Gasteiger partial charge in [-0.2, -0.15) is 0 Å². The summed E-state index contributed by atoms with van der Waals surface area (Å²) in [6.07, 6.45) is 0.286. The molecule has 1 aromatic rings. The van der Waals surface area contributed by atoms with E-state index in [1.165, 1.54) is 7.11 Å². The number of hydrogen-bond acceptors (Lipinski definition) is 3. The van der Waals surface area contributed by atoms with Crippen molar-refractivity contribution in [3.63, 3.8) is 0 Å². The van der Waals surface area contributed by atoms with Crippen LogP contribution in [0.15, 0.2) is 18.2 Å². The molecular formula is C12H15ClN2O4. The van der Waals surface area contributed by atoms with Crippen molar-refractivity contribution in [3.05, 3.63) is 23.2 Å². The zero-order valence-corrected chi connectivity index (χ0v) is 11.3. The van der Waals surface area contributed by atoms with E-state index in [0.29, 0.717) is 16.5 Å². The monoisotopic (exact) mass is 286 g/mol. The summed E-state index contributed by atoms with van der Waals surface area (Å²) in [5.74, 6) is -0.556. The molecule has 0 aromatic heterocycles. The Bertz CT molecular complexity index is 479. The number of carboxylic acid groups (broad SMARTS) is 1. The number of amides is 2. The maximum Gasteiger partial charge on any atom is 0.326 e. The lowest BCUT2D eigenvalue weighted by atomic mass is 10.2. The minimum Gasteiger partial charge on any atom is -0.497 e. The van der Waals surface area contributed by atoms with Crippen molar-refractivity contribution in [2.75, 3.05) is 12.4 Å². The van der Waals surface area contributed by atoms with E-state index in [9.17, 15) is 9.59 Å². The first-order chi connectivity index (χ1) is 8.97. The molecule has 104 valence electrons. The quantitative estimate of drug-likeness (QED) is 0.775. The number of nitrogens with one attached hydrogen (secondary N) is 2. The van der Waals surface area contributed by atoms with Gasteiger partial charge < -0.3 is 20.5 Å². The van der Waals surface area contributed by atoms with E-state index in [-0.39, 0.29) is 6.42 Å². The van der Waals surface area contributed by atoms with Gasteiger partial charge in [0.05, 0.1) is 17.8 Å². The molecule has 0 heterocycles. The van der Waals surface area contributed by atoms with Crippen molar-refractivity contribution >= 4 is 29.3 Å². The third-order valence-corrected chi connectivity index (χ3v) is 2.76. The molecule has 0 aliphatic heterocycles. The van der Waals surface area contributed by atoms with E-state index >= 15 is 0 Å². The molecule has 3 N–H and O–H groups in total. The Kier molecular flexibility index (Phi) is 5.44. The van der Waals surface area contributed by atoms with Crippen LogP contribution in [0.25, 0.3) is 0 Å². The molecule has 1 atom stereocenters. The minimum atomic E-state index is -1.09. The van der Waals surface area contributed by atoms with Gasteiger partial charge in [-0.15, -0.1) is 0 Å². The lowest BCUT2D eigenvalue weighted by Gasteiger charge is -2.14. The molecule has 1 aromatic carbocycles. The number of halogens is 1. The van der Waals surface area contributed by atoms with Crippen molar-refractivity contribution in [3.8, 4) is 5.75 Å². The summed E-state index contributed by atoms with van der Waals surface area (Å²) in [5.41, 5.74) is 0.346. The smallest absolute Gasteiger partial charge is 0.326 e. The SMILES string of the molecule is CC[C@H](NC(=O)Nc1cc(OC)ccc1Cl)C(=O)O. The van der Waals surface area contributed by atoms with Gasteiger partial charge in [0, 0.05) is 6.07 Å². The summed E-state index contributed by atoms with van der Waals surface area (Å²) >= 11 is 5.92. The number of aliphatic carboxylic acids is 1. The third kappa shape index (κ3) is 4.33. The average Bonchev–Trinajstić information content (AvgIpc) is 2.38. The summed E-state index contributed by atoms with van der Waals surface area (Å²) in [5, 5.41) is 14.0. The Balaban J connectivity index is 2.73. The Morgan fingerprint density at radius 2 is 2.16 bits per heavy atom. The highest BCUT2D eigenvalue weighted by Gasteiger charge is 2.18. The molecule has 0 spiro atoms. The second kappa shape index (κ2) is 6.84. The van der Waals surface area contributed by atoms with E-state index in [0.717, 1.165) is 0 Å². The van der Waals surface area contributed by atoms with Crippen LogP contribution in [0.1, 0.15) is 13.3 Å². The second-order valence-corrected chi connectivity index (χ2v) is 4.15. The first-order valence-corrected chi connectivity index (χ1v) is 5.99. The molecule has 0 aliphatic rings. The number of carboxylic acids is 1. The number of ether oxygens (including phenoxy) is 1. The number of methoxy groups -OCH3 is 1. The topological polar surface area (TPSA) is 87.7 Å². The Morgan fingerprint density at radius 3 is 2.68 bits per heavy atom. The van der Waals surface area contributed by atoms with E-state index in [4.69, 9.17) is 21.4 Å². The predicted molar refractivity (Wildman–Crippen MR) is 71.9 cm³/mol. The van der Waals surface area contributed by atoms with Crippen LogP contribution in [-0.4, -0.2) is 30.3 Å². The molecule has 7 heteroatoms. The number of urea groups is 1. The number of benzene rings is 1. The Morgan fingerprint density at radius 1 is 1.47 bits per heavy atom. The average molecular weight is 287 g/mol. The van der Waals surface area contributed by atoms with Crippen LogP contribution < -0.4 is 15.4 Å². The molecule has 19 heavy (non-hydrogen) atoms. The highest BCUT2D eigenvalue weighted by molar-refractivity contribution is 6.33. The molecule has 0 fully saturated rings. The predicted octanol–water partition coefficient (Wildman–Crippen LogP) is 2.33. The lowest BCUT2D eigenvalue weighted by Crippen LogP contribution is -2.42. The number of hydrogen-bond donors (Lipinski definition) is 3. The van der Waals surface area contributed by atoms with Crippen molar-refractivity contribution in [1.82, 2.24) is 5.32 Å². The Labute approximate surface area is 115 Å². The van der Waals surface area contributed by atoms with E-state index in [2.05, 4.69) is 10.6 Å². The molecule has 0 radical (unpaired) electrons. The molecule has 0 bridgehead atoms. The number of carbonyl (C=O) groups is 2. The minimum absolute atomic E-state index is 0.286. The van der Waals surface area contributed by atoms with Gasteiger partial charge in [0.15, 0.2) is 0 Å². The van der Waals surface area contributed by atoms with Crippen LogP contribution in [0, 0.1) is 0 Å². The first-order valence-electron chi connectivity index (χ1n) is 5.61. The van der Waals surface area contributed by atoms with Crippen molar-refractivity contribution in [2.45, 2.75) is 19.4 Å². The molecule has 0 unspecified atom stereocenters. The van der Waals surface area contributed by atoms with Crippen LogP contribution >= 0.6 is 11.6 Å². The molecule has 6 nitrogen and oxygen atoms in total. The molecule has 0 saturated heterocycles. The summed E-state index contributed by atoms with van der Waals surface area (Å²) in [6, 6.07) is 3.19. The van der Waals surface area contributed by atoms with Gasteiger partial charge in [0.2, 0.25) is 0 Å². The summed E-state index contributed by atoms with van der Waals surface area (Å²) in [7, 11) is 1.49. The molecular weight excluding hydrogens is 272 g/mol. The number of carbonyl (C=O) groups excluding carboxylic acids is 1. The first kappa shape index (κ1) is 15.1. The third-order valence-electron chi connectivity index (χ3n) is 2.43. The standard InChI is InChI=1S/C12H15ClN2O4/c1-3-9(11(16)17)14-12(18)15-10-6-7(19-2)4-5-8(10)13/h4-6,9H,3H2,1-2H3,(H,16,17)(H2,14,15,18)/t9-/m0/s1. The maximum absolute atomic E-state index is 11.7. The fourth-order valence-corrected chi connectivity index (χ4v) is 1.55. The van der Waals surface area contributed by atoms with Gasteiger partial charge in [-0.05, 0) is 18.6 Å². The normalized spacial score (nSPS) is 11.5. The van der Waals surface area contributed by atoms with Crippen LogP contribution in [-0.2, 0) is 4.79 Å². The molecule has 1 rings (SSSR count). The summed E-state index contributed by atoms with van der Waals surface area (Å²) in [6.45, 7) is 1.66. The highest BCUT2D eigenvalue weighted by atomic mass is 35.5. The van der Waals surface area contributed by atoms with E-state index in [1.54, 1.807) is 25.1 Å². The van der Waals surface area contributed by atoms with Crippen LogP contribution in [0.4, 0.5) is 10.5 Å². The van der Waals surface area contributed by atoms with Crippen molar-refractivity contribution in [2.24, 2.45) is 0 Å². The maximum atomic E-state index is 11.7. The summed E-state index contributed by atoms with van der Waals surface area (Å²) < 4.78 is 5.01. The van der Waals surface area contributed by atoms with Crippen molar-refractivity contribution in [1.29, 1.82) is 0 Å². The fraction of sp³-hybridized carbons (Fsp3) is 0.333. The number of anilines is 1. The van der Waals surface area contributed by atoms with Gasteiger partial charge >= 0.3 is 12.0 Å². The summed E-state index contributed by atoms with van der Waals surface area (Å²) in [4.78, 5) is 22.5. The zero-order chi connectivity index (χ0) is 14.4. The van der Waals surface area contributed by atoms with Gasteiger partial charge in [-0.3, -0.25) is 0 Å². The van der Waals surface area contributed by atoms with Gasteiger partial charge in [-0.25, -0.2) is 9.59 Å². The fourth-order valence-electron chi connectivity index (χ4n) is 1.38. The van der Waals surface area contributed by atoms with Crippen LogP contribution in [0.5, 0.6) is 5.75 Å². The Hall–Kier alpha value is -1.95. The van der Waals surface area contributed by atoms with Crippen LogP contribution in [0.3, 0.4) is 0 Å². The van der Waals surface area contributed by atoms with Crippen LogP contribution in [0.2, 0.25) is 5.02 Å².